The maximum Gasteiger partial charge on any atom is 0.341 e. The molecule has 0 saturated carbocycles. The van der Waals surface area contributed by atoms with E-state index in [2.05, 4.69) is 21.2 Å². The SMILES string of the molecule is Cc1ccc(N2C(=O)C(=Cc3ccc(OCC(=O)O)c(Br)c3)C(=O)NC2=S)cc1. The standard InChI is InChI=1S/C20H15BrN2O5S/c1-11-2-5-13(6-3-11)23-19(27)14(18(26)22-20(23)29)8-12-4-7-16(15(21)9-12)28-10-17(24)25/h2-9H,10H2,1H3,(H,24,25)(H,22,26,29). The molecule has 2 aromatic carbocycles. The van der Waals surface area contributed by atoms with E-state index in [-0.39, 0.29) is 10.7 Å². The molecule has 7 nitrogen and oxygen atoms in total. The molecule has 148 valence electrons. The van der Waals surface area contributed by atoms with Gasteiger partial charge in [-0.05, 0) is 71.0 Å². The molecule has 2 N–H and O–H groups in total. The number of rotatable bonds is 5. The van der Waals surface area contributed by atoms with E-state index < -0.39 is 24.4 Å². The lowest BCUT2D eigenvalue weighted by Crippen LogP contribution is -2.54. The van der Waals surface area contributed by atoms with Crippen LogP contribution in [0.15, 0.2) is 52.5 Å². The molecular weight excluding hydrogens is 460 g/mol. The predicted octanol–water partition coefficient (Wildman–Crippen LogP) is 3.05. The maximum atomic E-state index is 13.0. The molecule has 2 amide bonds. The Bertz CT molecular complexity index is 1050. The Labute approximate surface area is 180 Å². The number of carbonyl (C=O) groups excluding carboxylic acids is 2. The molecule has 0 bridgehead atoms. The van der Waals surface area contributed by atoms with E-state index in [1.807, 2.05) is 19.1 Å². The quantitative estimate of drug-likeness (QED) is 0.392. The van der Waals surface area contributed by atoms with Crippen LogP contribution in [-0.4, -0.2) is 34.6 Å². The zero-order chi connectivity index (χ0) is 21.1. The Hall–Kier alpha value is -3.04. The monoisotopic (exact) mass is 474 g/mol. The summed E-state index contributed by atoms with van der Waals surface area (Å²) in [5.41, 5.74) is 2.05. The Kier molecular flexibility index (Phi) is 6.09. The lowest BCUT2D eigenvalue weighted by atomic mass is 10.1. The van der Waals surface area contributed by atoms with Crippen LogP contribution in [0.4, 0.5) is 5.69 Å². The first-order valence-electron chi connectivity index (χ1n) is 8.38. The van der Waals surface area contributed by atoms with Gasteiger partial charge in [-0.2, -0.15) is 0 Å². The van der Waals surface area contributed by atoms with Crippen LogP contribution in [0, 0.1) is 6.92 Å². The molecule has 29 heavy (non-hydrogen) atoms. The number of carbonyl (C=O) groups is 3. The molecule has 1 aliphatic rings. The molecule has 1 fully saturated rings. The lowest BCUT2D eigenvalue weighted by Gasteiger charge is -2.29. The van der Waals surface area contributed by atoms with E-state index in [1.54, 1.807) is 30.3 Å². The van der Waals surface area contributed by atoms with Gasteiger partial charge >= 0.3 is 5.97 Å². The van der Waals surface area contributed by atoms with Crippen LogP contribution in [0.5, 0.6) is 5.75 Å². The van der Waals surface area contributed by atoms with Crippen molar-refractivity contribution in [2.24, 2.45) is 0 Å². The lowest BCUT2D eigenvalue weighted by molar-refractivity contribution is -0.139. The fourth-order valence-corrected chi connectivity index (χ4v) is 3.41. The molecule has 0 unspecified atom stereocenters. The highest BCUT2D eigenvalue weighted by Gasteiger charge is 2.34. The third-order valence-electron chi connectivity index (χ3n) is 4.01. The van der Waals surface area contributed by atoms with Gasteiger partial charge in [0.15, 0.2) is 11.7 Å². The fourth-order valence-electron chi connectivity index (χ4n) is 2.62. The van der Waals surface area contributed by atoms with Gasteiger partial charge < -0.3 is 9.84 Å². The average molecular weight is 475 g/mol. The number of amides is 2. The number of aryl methyl sites for hydroxylation is 1. The van der Waals surface area contributed by atoms with Crippen LogP contribution in [0.25, 0.3) is 6.08 Å². The average Bonchev–Trinajstić information content (AvgIpc) is 2.65. The number of thiocarbonyl (C=S) groups is 1. The number of aliphatic carboxylic acids is 1. The van der Waals surface area contributed by atoms with Crippen LogP contribution in [-0.2, 0) is 14.4 Å². The summed E-state index contributed by atoms with van der Waals surface area (Å²) in [7, 11) is 0. The number of ether oxygens (including phenoxy) is 1. The van der Waals surface area contributed by atoms with Crippen molar-refractivity contribution in [1.29, 1.82) is 0 Å². The van der Waals surface area contributed by atoms with Crippen LogP contribution < -0.4 is 15.0 Å². The van der Waals surface area contributed by atoms with Crippen molar-refractivity contribution in [2.75, 3.05) is 11.5 Å². The Balaban J connectivity index is 1.91. The van der Waals surface area contributed by atoms with E-state index in [4.69, 9.17) is 22.1 Å². The highest BCUT2D eigenvalue weighted by atomic mass is 79.9. The van der Waals surface area contributed by atoms with Crippen LogP contribution in [0.1, 0.15) is 11.1 Å². The highest BCUT2D eigenvalue weighted by Crippen LogP contribution is 2.28. The number of carboxylic acids is 1. The first kappa shape index (κ1) is 20.7. The third kappa shape index (κ3) is 4.69. The van der Waals surface area contributed by atoms with E-state index in [1.165, 1.54) is 11.0 Å². The molecule has 9 heteroatoms. The van der Waals surface area contributed by atoms with Gasteiger partial charge in [0, 0.05) is 0 Å². The number of nitrogens with one attached hydrogen (secondary N) is 1. The number of halogens is 1. The Morgan fingerprint density at radius 2 is 1.93 bits per heavy atom. The zero-order valence-corrected chi connectivity index (χ0v) is 17.5. The normalized spacial score (nSPS) is 15.4. The van der Waals surface area contributed by atoms with E-state index in [0.29, 0.717) is 21.5 Å². The first-order valence-corrected chi connectivity index (χ1v) is 9.58. The molecular formula is C20H15BrN2O5S. The van der Waals surface area contributed by atoms with E-state index >= 15 is 0 Å². The van der Waals surface area contributed by atoms with Crippen molar-refractivity contribution < 1.29 is 24.2 Å². The number of anilines is 1. The molecule has 0 aliphatic carbocycles. The van der Waals surface area contributed by atoms with Gasteiger partial charge in [-0.25, -0.2) is 4.79 Å². The van der Waals surface area contributed by atoms with Gasteiger partial charge in [-0.1, -0.05) is 23.8 Å². The molecule has 0 atom stereocenters. The first-order chi connectivity index (χ1) is 13.8. The zero-order valence-electron chi connectivity index (χ0n) is 15.1. The molecule has 2 aromatic rings. The highest BCUT2D eigenvalue weighted by molar-refractivity contribution is 9.10. The summed E-state index contributed by atoms with van der Waals surface area (Å²) in [4.78, 5) is 37.2. The smallest absolute Gasteiger partial charge is 0.341 e. The molecule has 1 aliphatic heterocycles. The van der Waals surface area contributed by atoms with Gasteiger partial charge in [0.2, 0.25) is 0 Å². The number of benzene rings is 2. The Morgan fingerprint density at radius 1 is 1.24 bits per heavy atom. The van der Waals surface area contributed by atoms with Crippen LogP contribution in [0.3, 0.4) is 0 Å². The minimum Gasteiger partial charge on any atom is -0.481 e. The number of hydrogen-bond acceptors (Lipinski definition) is 5. The molecule has 3 rings (SSSR count). The van der Waals surface area contributed by atoms with E-state index in [9.17, 15) is 14.4 Å². The van der Waals surface area contributed by atoms with Crippen molar-refractivity contribution in [2.45, 2.75) is 6.92 Å². The van der Waals surface area contributed by atoms with Crippen molar-refractivity contribution in [3.05, 3.63) is 63.6 Å². The minimum absolute atomic E-state index is 0.0135. The summed E-state index contributed by atoms with van der Waals surface area (Å²) in [5.74, 6) is -1.90. The molecule has 1 heterocycles. The second kappa shape index (κ2) is 8.54. The summed E-state index contributed by atoms with van der Waals surface area (Å²) in [6, 6.07) is 12.0. The molecule has 0 aromatic heterocycles. The third-order valence-corrected chi connectivity index (χ3v) is 4.92. The van der Waals surface area contributed by atoms with Gasteiger partial charge in [-0.3, -0.25) is 19.8 Å². The molecule has 0 radical (unpaired) electrons. The summed E-state index contributed by atoms with van der Waals surface area (Å²) in [6.45, 7) is 1.44. The second-order valence-corrected chi connectivity index (χ2v) is 7.41. The van der Waals surface area contributed by atoms with E-state index in [0.717, 1.165) is 5.56 Å². The number of hydrogen-bond donors (Lipinski definition) is 2. The van der Waals surface area contributed by atoms with Gasteiger partial charge in [-0.15, -0.1) is 0 Å². The second-order valence-electron chi connectivity index (χ2n) is 6.17. The van der Waals surface area contributed by atoms with Gasteiger partial charge in [0.1, 0.15) is 11.3 Å². The van der Waals surface area contributed by atoms with Crippen molar-refractivity contribution >= 4 is 62.8 Å². The minimum atomic E-state index is -1.10. The fraction of sp³-hybridized carbons (Fsp3) is 0.100. The summed E-state index contributed by atoms with van der Waals surface area (Å²) >= 11 is 8.47. The van der Waals surface area contributed by atoms with Gasteiger partial charge in [0.25, 0.3) is 11.8 Å². The number of carboxylic acid groups (broad SMARTS) is 1. The topological polar surface area (TPSA) is 95.9 Å². The molecule has 0 spiro atoms. The summed E-state index contributed by atoms with van der Waals surface area (Å²) in [5, 5.41) is 11.2. The summed E-state index contributed by atoms with van der Waals surface area (Å²) < 4.78 is 5.63. The maximum absolute atomic E-state index is 13.0. The number of nitrogens with zero attached hydrogens (tertiary/aromatic N) is 1. The summed E-state index contributed by atoms with van der Waals surface area (Å²) in [6.07, 6.45) is 1.44. The van der Waals surface area contributed by atoms with Crippen molar-refractivity contribution in [1.82, 2.24) is 5.32 Å². The van der Waals surface area contributed by atoms with Crippen LogP contribution >= 0.6 is 28.1 Å². The van der Waals surface area contributed by atoms with Crippen molar-refractivity contribution in [3.8, 4) is 5.75 Å². The Morgan fingerprint density at radius 3 is 2.55 bits per heavy atom. The van der Waals surface area contributed by atoms with Crippen LogP contribution in [0.2, 0.25) is 0 Å². The predicted molar refractivity (Wildman–Crippen MR) is 115 cm³/mol. The largest absolute Gasteiger partial charge is 0.481 e. The van der Waals surface area contributed by atoms with Crippen molar-refractivity contribution in [3.63, 3.8) is 0 Å². The molecule has 1 saturated heterocycles. The van der Waals surface area contributed by atoms with Gasteiger partial charge in [0.05, 0.1) is 10.2 Å².